The third kappa shape index (κ3) is 2.51. The highest BCUT2D eigenvalue weighted by molar-refractivity contribution is 6.01. The predicted octanol–water partition coefficient (Wildman–Crippen LogP) is 4.45. The average Bonchev–Trinajstić information content (AvgIpc) is 2.72. The highest BCUT2D eigenvalue weighted by Gasteiger charge is 2.48. The quantitative estimate of drug-likeness (QED) is 0.812. The zero-order valence-corrected chi connectivity index (χ0v) is 15.4. The van der Waals surface area contributed by atoms with E-state index in [0.717, 1.165) is 5.56 Å². The number of aliphatic carboxylic acids is 1. The molecule has 1 aromatic rings. The number of benzene rings is 1. The van der Waals surface area contributed by atoms with Crippen LogP contribution in [0.5, 0.6) is 0 Å². The fourth-order valence-corrected chi connectivity index (χ4v) is 4.35. The second kappa shape index (κ2) is 5.57. The SMILES string of the molecule is CC1C(C)(C)c2ccc(C3=C(C(=O)O)C=CC(=C=O)C3)cc2C1(C)C. The summed E-state index contributed by atoms with van der Waals surface area (Å²) in [5.41, 5.74) is 4.97. The van der Waals surface area contributed by atoms with Crippen LogP contribution in [-0.2, 0) is 20.4 Å². The molecule has 0 spiro atoms. The van der Waals surface area contributed by atoms with Crippen molar-refractivity contribution in [3.05, 3.63) is 58.2 Å². The third-order valence-corrected chi connectivity index (χ3v) is 6.43. The Morgan fingerprint density at radius 2 is 1.76 bits per heavy atom. The van der Waals surface area contributed by atoms with Gasteiger partial charge in [-0.1, -0.05) is 52.8 Å². The van der Waals surface area contributed by atoms with Gasteiger partial charge < -0.3 is 5.11 Å². The monoisotopic (exact) mass is 336 g/mol. The lowest BCUT2D eigenvalue weighted by Crippen LogP contribution is -2.30. The van der Waals surface area contributed by atoms with Gasteiger partial charge in [-0.3, -0.25) is 0 Å². The molecule has 0 heterocycles. The second-order valence-electron chi connectivity index (χ2n) is 8.26. The van der Waals surface area contributed by atoms with Gasteiger partial charge in [0.15, 0.2) is 0 Å². The summed E-state index contributed by atoms with van der Waals surface area (Å²) < 4.78 is 0. The normalized spacial score (nSPS) is 23.4. The van der Waals surface area contributed by atoms with Gasteiger partial charge in [0.05, 0.1) is 5.57 Å². The number of carboxylic acid groups (broad SMARTS) is 1. The van der Waals surface area contributed by atoms with Crippen molar-refractivity contribution in [3.8, 4) is 0 Å². The molecular formula is C22H24O3. The number of rotatable bonds is 2. The maximum Gasteiger partial charge on any atom is 0.335 e. The van der Waals surface area contributed by atoms with Gasteiger partial charge in [-0.2, -0.15) is 0 Å². The Balaban J connectivity index is 2.21. The maximum atomic E-state index is 11.6. The number of hydrogen-bond acceptors (Lipinski definition) is 2. The maximum absolute atomic E-state index is 11.6. The molecule has 25 heavy (non-hydrogen) atoms. The number of allylic oxidation sites excluding steroid dienone is 3. The standard InChI is InChI=1S/C22H24O3/c1-13-21(2,3)18-9-7-15(11-19(18)22(13,4)5)17-10-14(12-23)6-8-16(17)20(24)25/h6-9,11,13H,10H2,1-5H3,(H,24,25). The van der Waals surface area contributed by atoms with Gasteiger partial charge in [-0.05, 0) is 51.2 Å². The minimum Gasteiger partial charge on any atom is -0.478 e. The second-order valence-corrected chi connectivity index (χ2v) is 8.26. The molecule has 0 radical (unpaired) electrons. The molecule has 0 saturated carbocycles. The highest BCUT2D eigenvalue weighted by Crippen LogP contribution is 2.54. The summed E-state index contributed by atoms with van der Waals surface area (Å²) in [6.45, 7) is 11.3. The van der Waals surface area contributed by atoms with Gasteiger partial charge in [-0.25, -0.2) is 9.59 Å². The van der Waals surface area contributed by atoms with Crippen LogP contribution in [-0.4, -0.2) is 17.0 Å². The van der Waals surface area contributed by atoms with E-state index in [1.165, 1.54) is 17.2 Å². The molecule has 0 amide bonds. The highest BCUT2D eigenvalue weighted by atomic mass is 16.4. The summed E-state index contributed by atoms with van der Waals surface area (Å²) in [5, 5.41) is 9.53. The van der Waals surface area contributed by atoms with E-state index in [1.54, 1.807) is 6.08 Å². The minimum atomic E-state index is -0.968. The van der Waals surface area contributed by atoms with E-state index in [9.17, 15) is 14.7 Å². The Bertz CT molecular complexity index is 875. The van der Waals surface area contributed by atoms with Crippen LogP contribution in [0.2, 0.25) is 0 Å². The summed E-state index contributed by atoms with van der Waals surface area (Å²) >= 11 is 0. The van der Waals surface area contributed by atoms with E-state index >= 15 is 0 Å². The lowest BCUT2D eigenvalue weighted by molar-refractivity contribution is -0.132. The number of carboxylic acids is 1. The molecule has 0 bridgehead atoms. The molecule has 3 rings (SSSR count). The number of carbonyl (C=O) groups is 1. The predicted molar refractivity (Wildman–Crippen MR) is 99.2 cm³/mol. The average molecular weight is 336 g/mol. The Morgan fingerprint density at radius 1 is 1.12 bits per heavy atom. The number of carbonyl (C=O) groups excluding carboxylic acids is 1. The molecule has 130 valence electrons. The topological polar surface area (TPSA) is 54.4 Å². The molecule has 0 aliphatic heterocycles. The first-order valence-electron chi connectivity index (χ1n) is 8.64. The van der Waals surface area contributed by atoms with Gasteiger partial charge in [0.1, 0.15) is 5.94 Å². The van der Waals surface area contributed by atoms with Crippen LogP contribution in [0.25, 0.3) is 5.57 Å². The van der Waals surface area contributed by atoms with Crippen LogP contribution in [0, 0.1) is 5.92 Å². The van der Waals surface area contributed by atoms with Crippen molar-refractivity contribution >= 4 is 17.5 Å². The summed E-state index contributed by atoms with van der Waals surface area (Å²) in [6, 6.07) is 6.25. The largest absolute Gasteiger partial charge is 0.478 e. The molecule has 2 aliphatic rings. The van der Waals surface area contributed by atoms with Crippen LogP contribution in [0.4, 0.5) is 0 Å². The van der Waals surface area contributed by atoms with Crippen molar-refractivity contribution in [1.29, 1.82) is 0 Å². The smallest absolute Gasteiger partial charge is 0.335 e. The summed E-state index contributed by atoms with van der Waals surface area (Å²) in [4.78, 5) is 22.7. The first-order valence-corrected chi connectivity index (χ1v) is 8.64. The van der Waals surface area contributed by atoms with E-state index in [-0.39, 0.29) is 16.4 Å². The number of fused-ring (bicyclic) bond motifs is 1. The third-order valence-electron chi connectivity index (χ3n) is 6.43. The Labute approximate surface area is 148 Å². The van der Waals surface area contributed by atoms with Crippen LogP contribution in [0.3, 0.4) is 0 Å². The van der Waals surface area contributed by atoms with E-state index in [4.69, 9.17) is 0 Å². The van der Waals surface area contributed by atoms with E-state index < -0.39 is 5.97 Å². The molecular weight excluding hydrogens is 312 g/mol. The van der Waals surface area contributed by atoms with Crippen molar-refractivity contribution in [2.24, 2.45) is 5.92 Å². The van der Waals surface area contributed by atoms with Gasteiger partial charge in [0, 0.05) is 12.0 Å². The fourth-order valence-electron chi connectivity index (χ4n) is 4.35. The molecule has 3 heteroatoms. The van der Waals surface area contributed by atoms with Crippen LogP contribution in [0.15, 0.2) is 41.5 Å². The zero-order chi connectivity index (χ0) is 18.6. The first-order chi connectivity index (χ1) is 11.6. The van der Waals surface area contributed by atoms with Crippen molar-refractivity contribution in [2.75, 3.05) is 0 Å². The van der Waals surface area contributed by atoms with Gasteiger partial charge in [-0.15, -0.1) is 0 Å². The Morgan fingerprint density at radius 3 is 2.36 bits per heavy atom. The molecule has 0 aromatic heterocycles. The van der Waals surface area contributed by atoms with Crippen molar-refractivity contribution < 1.29 is 14.7 Å². The molecule has 0 saturated heterocycles. The Hall–Kier alpha value is -2.38. The summed E-state index contributed by atoms with van der Waals surface area (Å²) in [5.74, 6) is 1.40. The van der Waals surface area contributed by atoms with Crippen molar-refractivity contribution in [1.82, 2.24) is 0 Å². The molecule has 1 N–H and O–H groups in total. The lowest BCUT2D eigenvalue weighted by Gasteiger charge is -2.32. The van der Waals surface area contributed by atoms with Gasteiger partial charge in [0.25, 0.3) is 0 Å². The lowest BCUT2D eigenvalue weighted by atomic mass is 9.71. The Kier molecular flexibility index (Phi) is 3.89. The molecule has 1 aromatic carbocycles. The van der Waals surface area contributed by atoms with Crippen molar-refractivity contribution in [2.45, 2.75) is 51.9 Å². The van der Waals surface area contributed by atoms with E-state index in [2.05, 4.69) is 46.8 Å². The zero-order valence-electron chi connectivity index (χ0n) is 15.4. The molecule has 2 aliphatic carbocycles. The van der Waals surface area contributed by atoms with Crippen molar-refractivity contribution in [3.63, 3.8) is 0 Å². The summed E-state index contributed by atoms with van der Waals surface area (Å²) in [7, 11) is 0. The number of hydrogen-bond donors (Lipinski definition) is 1. The molecule has 1 unspecified atom stereocenters. The van der Waals surface area contributed by atoms with E-state index in [0.29, 0.717) is 23.5 Å². The molecule has 3 nitrogen and oxygen atoms in total. The van der Waals surface area contributed by atoms with Gasteiger partial charge >= 0.3 is 5.97 Å². The molecule has 0 fully saturated rings. The first kappa shape index (κ1) is 17.4. The molecule has 1 atom stereocenters. The minimum absolute atomic E-state index is 0.00657. The van der Waals surface area contributed by atoms with Crippen LogP contribution < -0.4 is 0 Å². The van der Waals surface area contributed by atoms with E-state index in [1.807, 2.05) is 12.0 Å². The fraction of sp³-hybridized carbons (Fsp3) is 0.409. The van der Waals surface area contributed by atoms with Gasteiger partial charge in [0.2, 0.25) is 0 Å². The van der Waals surface area contributed by atoms with Crippen LogP contribution in [0.1, 0.15) is 57.7 Å². The van der Waals surface area contributed by atoms with Crippen LogP contribution >= 0.6 is 0 Å². The summed E-state index contributed by atoms with van der Waals surface area (Å²) in [6.07, 6.45) is 3.36.